The summed E-state index contributed by atoms with van der Waals surface area (Å²) in [7, 11) is 1.59. The molecule has 0 saturated heterocycles. The van der Waals surface area contributed by atoms with E-state index in [2.05, 4.69) is 9.72 Å². The average Bonchev–Trinajstić information content (AvgIpc) is 2.89. The summed E-state index contributed by atoms with van der Waals surface area (Å²) in [6, 6.07) is 6.15. The molecule has 0 unspecified atom stereocenters. The van der Waals surface area contributed by atoms with E-state index in [0.29, 0.717) is 5.76 Å². The molecule has 2 rings (SSSR count). The van der Waals surface area contributed by atoms with Crippen LogP contribution in [0, 0.1) is 6.92 Å². The Hall–Kier alpha value is -2.51. The van der Waals surface area contributed by atoms with Gasteiger partial charge in [-0.3, -0.25) is 4.79 Å². The first kappa shape index (κ1) is 16.9. The summed E-state index contributed by atoms with van der Waals surface area (Å²) in [5.41, 5.74) is 0.245. The van der Waals surface area contributed by atoms with Gasteiger partial charge < -0.3 is 14.1 Å². The number of alkyl halides is 3. The van der Waals surface area contributed by atoms with Crippen LogP contribution in [-0.4, -0.2) is 35.6 Å². The third-order valence-electron chi connectivity index (χ3n) is 2.90. The van der Waals surface area contributed by atoms with Crippen molar-refractivity contribution < 1.29 is 27.1 Å². The number of aryl methyl sites for hydroxylation is 1. The highest BCUT2D eigenvalue weighted by molar-refractivity contribution is 5.93. The predicted octanol–water partition coefficient (Wildman–Crippen LogP) is 3.20. The third kappa shape index (κ3) is 5.01. The zero-order chi connectivity index (χ0) is 17.0. The van der Waals surface area contributed by atoms with Crippen molar-refractivity contribution in [2.45, 2.75) is 19.6 Å². The van der Waals surface area contributed by atoms with E-state index in [9.17, 15) is 18.0 Å². The molecule has 0 saturated carbocycles. The van der Waals surface area contributed by atoms with E-state index in [1.54, 1.807) is 26.1 Å². The van der Waals surface area contributed by atoms with E-state index in [1.165, 1.54) is 23.2 Å². The number of carbonyl (C=O) groups is 1. The first-order chi connectivity index (χ1) is 10.7. The maximum atomic E-state index is 12.2. The topological polar surface area (TPSA) is 55.6 Å². The van der Waals surface area contributed by atoms with Gasteiger partial charge in [0.05, 0.1) is 12.1 Å². The van der Waals surface area contributed by atoms with Gasteiger partial charge >= 0.3 is 6.18 Å². The maximum absolute atomic E-state index is 12.2. The van der Waals surface area contributed by atoms with E-state index in [-0.39, 0.29) is 23.9 Å². The van der Waals surface area contributed by atoms with Crippen molar-refractivity contribution in [1.82, 2.24) is 9.88 Å². The van der Waals surface area contributed by atoms with Crippen molar-refractivity contribution in [3.05, 3.63) is 47.5 Å². The first-order valence-corrected chi connectivity index (χ1v) is 6.71. The maximum Gasteiger partial charge on any atom is 0.422 e. The fourth-order valence-corrected chi connectivity index (χ4v) is 1.84. The lowest BCUT2D eigenvalue weighted by molar-refractivity contribution is -0.154. The Bertz CT molecular complexity index is 665. The summed E-state index contributed by atoms with van der Waals surface area (Å²) in [5, 5.41) is 0. The molecule has 23 heavy (non-hydrogen) atoms. The van der Waals surface area contributed by atoms with Crippen molar-refractivity contribution in [1.29, 1.82) is 0 Å². The molecule has 2 aromatic rings. The molecule has 0 aliphatic heterocycles. The molecule has 0 atom stereocenters. The highest BCUT2D eigenvalue weighted by atomic mass is 19.4. The van der Waals surface area contributed by atoms with Crippen molar-refractivity contribution in [2.24, 2.45) is 0 Å². The Morgan fingerprint density at radius 1 is 1.30 bits per heavy atom. The highest BCUT2D eigenvalue weighted by Crippen LogP contribution is 2.17. The molecule has 0 radical (unpaired) electrons. The van der Waals surface area contributed by atoms with Crippen LogP contribution >= 0.6 is 0 Å². The summed E-state index contributed by atoms with van der Waals surface area (Å²) >= 11 is 0. The Balaban J connectivity index is 1.96. The van der Waals surface area contributed by atoms with Gasteiger partial charge in [-0.2, -0.15) is 13.2 Å². The highest BCUT2D eigenvalue weighted by Gasteiger charge is 2.28. The number of halogens is 3. The number of furan rings is 1. The SMILES string of the molecule is Cc1ccc(CN(C)C(=O)c2ccc(OCC(F)(F)F)nc2)o1. The minimum atomic E-state index is -4.43. The second-order valence-electron chi connectivity index (χ2n) is 4.96. The lowest BCUT2D eigenvalue weighted by atomic mass is 10.2. The van der Waals surface area contributed by atoms with Crippen molar-refractivity contribution in [3.8, 4) is 5.88 Å². The number of hydrogen-bond donors (Lipinski definition) is 0. The molecular formula is C15H15F3N2O3. The quantitative estimate of drug-likeness (QED) is 0.846. The normalized spacial score (nSPS) is 11.3. The van der Waals surface area contributed by atoms with Gasteiger partial charge in [0.15, 0.2) is 6.61 Å². The van der Waals surface area contributed by atoms with Crippen LogP contribution in [-0.2, 0) is 6.54 Å². The van der Waals surface area contributed by atoms with Crippen LogP contribution in [0.5, 0.6) is 5.88 Å². The van der Waals surface area contributed by atoms with Gasteiger partial charge in [-0.15, -0.1) is 0 Å². The number of nitrogens with zero attached hydrogens (tertiary/aromatic N) is 2. The summed E-state index contributed by atoms with van der Waals surface area (Å²) < 4.78 is 46.0. The summed E-state index contributed by atoms with van der Waals surface area (Å²) in [6.07, 6.45) is -3.25. The van der Waals surface area contributed by atoms with Crippen LogP contribution in [0.1, 0.15) is 21.9 Å². The second-order valence-corrected chi connectivity index (χ2v) is 4.96. The molecule has 124 valence electrons. The minimum absolute atomic E-state index is 0.191. The molecule has 0 aliphatic rings. The standard InChI is InChI=1S/C15H15F3N2O3/c1-10-3-5-12(23-10)8-20(2)14(21)11-4-6-13(19-7-11)22-9-15(16,17)18/h3-7H,8-9H2,1-2H3. The van der Waals surface area contributed by atoms with Crippen molar-refractivity contribution in [3.63, 3.8) is 0 Å². The average molecular weight is 328 g/mol. The molecule has 2 heterocycles. The zero-order valence-electron chi connectivity index (χ0n) is 12.6. The van der Waals surface area contributed by atoms with E-state index in [0.717, 1.165) is 5.76 Å². The predicted molar refractivity (Wildman–Crippen MR) is 75.0 cm³/mol. The number of pyridine rings is 1. The van der Waals surface area contributed by atoms with Crippen LogP contribution in [0.4, 0.5) is 13.2 Å². The van der Waals surface area contributed by atoms with Crippen LogP contribution in [0.2, 0.25) is 0 Å². The zero-order valence-corrected chi connectivity index (χ0v) is 12.6. The van der Waals surface area contributed by atoms with Crippen molar-refractivity contribution >= 4 is 5.91 Å². The number of hydrogen-bond acceptors (Lipinski definition) is 4. The van der Waals surface area contributed by atoms with Crippen LogP contribution in [0.15, 0.2) is 34.9 Å². The van der Waals surface area contributed by atoms with E-state index >= 15 is 0 Å². The monoisotopic (exact) mass is 328 g/mol. The van der Waals surface area contributed by atoms with Gasteiger partial charge in [-0.1, -0.05) is 0 Å². The van der Waals surface area contributed by atoms with E-state index in [1.807, 2.05) is 0 Å². The van der Waals surface area contributed by atoms with Gasteiger partial charge in [0.2, 0.25) is 5.88 Å². The number of ether oxygens (including phenoxy) is 1. The fourth-order valence-electron chi connectivity index (χ4n) is 1.84. The van der Waals surface area contributed by atoms with Gasteiger partial charge in [0.25, 0.3) is 5.91 Å². The third-order valence-corrected chi connectivity index (χ3v) is 2.90. The molecule has 1 amide bonds. The van der Waals surface area contributed by atoms with Crippen molar-refractivity contribution in [2.75, 3.05) is 13.7 Å². The first-order valence-electron chi connectivity index (χ1n) is 6.71. The fraction of sp³-hybridized carbons (Fsp3) is 0.333. The number of rotatable bonds is 5. The Morgan fingerprint density at radius 2 is 2.04 bits per heavy atom. The Labute approximate surface area is 130 Å². The lowest BCUT2D eigenvalue weighted by Gasteiger charge is -2.15. The van der Waals surface area contributed by atoms with E-state index in [4.69, 9.17) is 4.42 Å². The number of amides is 1. The van der Waals surface area contributed by atoms with Gasteiger partial charge in [0.1, 0.15) is 11.5 Å². The second kappa shape index (κ2) is 6.72. The Morgan fingerprint density at radius 3 is 2.57 bits per heavy atom. The molecule has 0 spiro atoms. The molecule has 0 fully saturated rings. The molecule has 0 aliphatic carbocycles. The molecule has 0 N–H and O–H groups in total. The van der Waals surface area contributed by atoms with Crippen LogP contribution in [0.3, 0.4) is 0 Å². The Kier molecular flexibility index (Phi) is 4.92. The minimum Gasteiger partial charge on any atom is -0.468 e. The van der Waals surface area contributed by atoms with Gasteiger partial charge in [0, 0.05) is 19.3 Å². The van der Waals surface area contributed by atoms with E-state index < -0.39 is 12.8 Å². The molecule has 2 aromatic heterocycles. The summed E-state index contributed by atoms with van der Waals surface area (Å²) in [4.78, 5) is 17.3. The molecular weight excluding hydrogens is 313 g/mol. The molecule has 5 nitrogen and oxygen atoms in total. The van der Waals surface area contributed by atoms with Gasteiger partial charge in [-0.25, -0.2) is 4.98 Å². The van der Waals surface area contributed by atoms with Crippen LogP contribution < -0.4 is 4.74 Å². The summed E-state index contributed by atoms with van der Waals surface area (Å²) in [6.45, 7) is 0.652. The van der Waals surface area contributed by atoms with Gasteiger partial charge in [-0.05, 0) is 25.1 Å². The molecule has 8 heteroatoms. The number of aromatic nitrogens is 1. The molecule has 0 aromatic carbocycles. The lowest BCUT2D eigenvalue weighted by Crippen LogP contribution is -2.26. The summed E-state index contributed by atoms with van der Waals surface area (Å²) in [5.74, 6) is 0.863. The molecule has 0 bridgehead atoms. The van der Waals surface area contributed by atoms with Crippen LogP contribution in [0.25, 0.3) is 0 Å². The smallest absolute Gasteiger partial charge is 0.422 e. The number of carbonyl (C=O) groups excluding carboxylic acids is 1. The largest absolute Gasteiger partial charge is 0.468 e.